The van der Waals surface area contributed by atoms with Crippen molar-refractivity contribution < 1.29 is 9.59 Å². The van der Waals surface area contributed by atoms with Crippen molar-refractivity contribution in [1.29, 1.82) is 0 Å². The number of rotatable bonds is 3. The number of fused-ring (bicyclic) bond motifs is 1. The second-order valence-corrected chi connectivity index (χ2v) is 6.89. The summed E-state index contributed by atoms with van der Waals surface area (Å²) in [6.45, 7) is 0.362. The zero-order valence-corrected chi connectivity index (χ0v) is 14.8. The highest BCUT2D eigenvalue weighted by Crippen LogP contribution is 2.28. The number of anilines is 2. The fourth-order valence-electron chi connectivity index (χ4n) is 3.01. The summed E-state index contributed by atoms with van der Waals surface area (Å²) in [7, 11) is 0. The highest BCUT2D eigenvalue weighted by molar-refractivity contribution is 9.10. The molecule has 1 aromatic heterocycles. The van der Waals surface area contributed by atoms with Crippen molar-refractivity contribution >= 4 is 50.4 Å². The maximum atomic E-state index is 12.5. The summed E-state index contributed by atoms with van der Waals surface area (Å²) < 4.78 is 0.896. The molecule has 0 saturated carbocycles. The van der Waals surface area contributed by atoms with Crippen LogP contribution in [0.5, 0.6) is 0 Å². The molecule has 1 atom stereocenters. The molecule has 0 radical (unpaired) electrons. The minimum absolute atomic E-state index is 0.0529. The zero-order chi connectivity index (χ0) is 17.4. The highest BCUT2D eigenvalue weighted by Gasteiger charge is 2.35. The molecular formula is C18H15BrN4O2. The quantitative estimate of drug-likeness (QED) is 0.710. The summed E-state index contributed by atoms with van der Waals surface area (Å²) in [5.74, 6) is -0.257. The van der Waals surface area contributed by atoms with Crippen LogP contribution in [0.1, 0.15) is 6.42 Å². The molecule has 1 fully saturated rings. The third-order valence-electron chi connectivity index (χ3n) is 4.25. The van der Waals surface area contributed by atoms with Gasteiger partial charge in [0.25, 0.3) is 0 Å². The molecule has 7 heteroatoms. The van der Waals surface area contributed by atoms with Crippen molar-refractivity contribution in [3.8, 4) is 0 Å². The Bertz CT molecular complexity index is 935. The predicted octanol–water partition coefficient (Wildman–Crippen LogP) is 3.32. The van der Waals surface area contributed by atoms with Gasteiger partial charge in [-0.05, 0) is 30.3 Å². The molecule has 2 N–H and O–H groups in total. The number of imidazole rings is 1. The Morgan fingerprint density at radius 3 is 2.88 bits per heavy atom. The fraction of sp³-hybridized carbons (Fsp3) is 0.167. The van der Waals surface area contributed by atoms with E-state index in [1.165, 1.54) is 0 Å². The van der Waals surface area contributed by atoms with Crippen molar-refractivity contribution in [2.75, 3.05) is 16.8 Å². The van der Waals surface area contributed by atoms with Gasteiger partial charge in [-0.25, -0.2) is 4.98 Å². The Morgan fingerprint density at radius 2 is 2.08 bits per heavy atom. The van der Waals surface area contributed by atoms with Gasteiger partial charge in [0.15, 0.2) is 0 Å². The Kier molecular flexibility index (Phi) is 4.01. The molecule has 3 aromatic rings. The number of nitrogens with one attached hydrogen (secondary N) is 2. The molecule has 2 amide bonds. The first-order chi connectivity index (χ1) is 12.1. The molecule has 0 bridgehead atoms. The van der Waals surface area contributed by atoms with Gasteiger partial charge in [-0.1, -0.05) is 34.1 Å². The van der Waals surface area contributed by atoms with Crippen LogP contribution in [0.25, 0.3) is 11.0 Å². The third-order valence-corrected chi connectivity index (χ3v) is 4.74. The van der Waals surface area contributed by atoms with Crippen LogP contribution in [-0.4, -0.2) is 28.3 Å². The monoisotopic (exact) mass is 398 g/mol. The number of hydrogen-bond donors (Lipinski definition) is 2. The molecule has 6 nitrogen and oxygen atoms in total. The van der Waals surface area contributed by atoms with Gasteiger partial charge in [0.1, 0.15) is 0 Å². The first-order valence-electron chi connectivity index (χ1n) is 7.92. The Balaban J connectivity index is 1.48. The first-order valence-corrected chi connectivity index (χ1v) is 8.71. The van der Waals surface area contributed by atoms with Crippen LogP contribution >= 0.6 is 15.9 Å². The van der Waals surface area contributed by atoms with Crippen LogP contribution in [0.3, 0.4) is 0 Å². The lowest BCUT2D eigenvalue weighted by atomic mass is 10.1. The summed E-state index contributed by atoms with van der Waals surface area (Å²) in [6, 6.07) is 15.1. The van der Waals surface area contributed by atoms with Crippen LogP contribution in [0, 0.1) is 5.92 Å². The SMILES string of the molecule is O=C(Nc1nc2ccccc2[nH]1)C1CC(=O)N(c2cccc(Br)c2)C1. The Hall–Kier alpha value is -2.67. The number of aromatic amines is 1. The van der Waals surface area contributed by atoms with E-state index in [-0.39, 0.29) is 18.2 Å². The summed E-state index contributed by atoms with van der Waals surface area (Å²) >= 11 is 3.40. The smallest absolute Gasteiger partial charge is 0.232 e. The zero-order valence-electron chi connectivity index (χ0n) is 13.2. The lowest BCUT2D eigenvalue weighted by Gasteiger charge is -2.16. The molecule has 1 saturated heterocycles. The normalized spacial score (nSPS) is 17.2. The molecule has 2 aromatic carbocycles. The van der Waals surface area contributed by atoms with E-state index in [1.807, 2.05) is 48.5 Å². The average molecular weight is 399 g/mol. The number of H-pyrrole nitrogens is 1. The van der Waals surface area contributed by atoms with Gasteiger partial charge in [0.2, 0.25) is 17.8 Å². The number of nitrogens with zero attached hydrogens (tertiary/aromatic N) is 2. The lowest BCUT2D eigenvalue weighted by Crippen LogP contribution is -2.28. The van der Waals surface area contributed by atoms with E-state index in [4.69, 9.17) is 0 Å². The molecule has 126 valence electrons. The number of benzene rings is 2. The molecule has 1 unspecified atom stereocenters. The molecule has 1 aliphatic rings. The predicted molar refractivity (Wildman–Crippen MR) is 99.3 cm³/mol. The maximum absolute atomic E-state index is 12.5. The number of aromatic nitrogens is 2. The van der Waals surface area contributed by atoms with Crippen LogP contribution in [0.15, 0.2) is 53.0 Å². The summed E-state index contributed by atoms with van der Waals surface area (Å²) in [4.78, 5) is 33.9. The number of hydrogen-bond acceptors (Lipinski definition) is 3. The number of halogens is 1. The molecule has 25 heavy (non-hydrogen) atoms. The van der Waals surface area contributed by atoms with Gasteiger partial charge in [-0.15, -0.1) is 0 Å². The van der Waals surface area contributed by atoms with E-state index in [1.54, 1.807) is 4.90 Å². The molecule has 0 spiro atoms. The van der Waals surface area contributed by atoms with E-state index in [0.29, 0.717) is 12.5 Å². The topological polar surface area (TPSA) is 78.1 Å². The number of amides is 2. The van der Waals surface area contributed by atoms with Gasteiger partial charge in [0.05, 0.1) is 17.0 Å². The van der Waals surface area contributed by atoms with Crippen molar-refractivity contribution in [2.45, 2.75) is 6.42 Å². The standard InChI is InChI=1S/C18H15BrN4O2/c19-12-4-3-5-13(9-12)23-10-11(8-16(23)24)17(25)22-18-20-14-6-1-2-7-15(14)21-18/h1-7,9,11H,8,10H2,(H2,20,21,22,25). The second kappa shape index (κ2) is 6.33. The molecule has 4 rings (SSSR count). The van der Waals surface area contributed by atoms with Crippen LogP contribution in [-0.2, 0) is 9.59 Å². The van der Waals surface area contributed by atoms with Gasteiger partial charge in [-0.2, -0.15) is 0 Å². The van der Waals surface area contributed by atoms with Crippen molar-refractivity contribution in [3.05, 3.63) is 53.0 Å². The van der Waals surface area contributed by atoms with Gasteiger partial charge in [0, 0.05) is 23.1 Å². The summed E-state index contributed by atoms with van der Waals surface area (Å²) in [5, 5.41) is 2.78. The molecule has 1 aliphatic heterocycles. The maximum Gasteiger partial charge on any atom is 0.232 e. The van der Waals surface area contributed by atoms with E-state index < -0.39 is 5.92 Å². The average Bonchev–Trinajstić information content (AvgIpc) is 3.17. The van der Waals surface area contributed by atoms with Crippen LogP contribution in [0.4, 0.5) is 11.6 Å². The van der Waals surface area contributed by atoms with Gasteiger partial charge >= 0.3 is 0 Å². The minimum Gasteiger partial charge on any atom is -0.324 e. The number of carbonyl (C=O) groups is 2. The second-order valence-electron chi connectivity index (χ2n) is 5.98. The van der Waals surface area contributed by atoms with E-state index in [2.05, 4.69) is 31.2 Å². The van der Waals surface area contributed by atoms with Gasteiger partial charge in [-0.3, -0.25) is 14.9 Å². The highest BCUT2D eigenvalue weighted by atomic mass is 79.9. The Labute approximate surface area is 152 Å². The molecule has 0 aliphatic carbocycles. The summed E-state index contributed by atoms with van der Waals surface area (Å²) in [5.41, 5.74) is 2.44. The fourth-order valence-corrected chi connectivity index (χ4v) is 3.39. The number of para-hydroxylation sites is 2. The van der Waals surface area contributed by atoms with Crippen molar-refractivity contribution in [1.82, 2.24) is 9.97 Å². The van der Waals surface area contributed by atoms with Crippen molar-refractivity contribution in [2.24, 2.45) is 5.92 Å². The van der Waals surface area contributed by atoms with E-state index >= 15 is 0 Å². The van der Waals surface area contributed by atoms with E-state index in [0.717, 1.165) is 21.2 Å². The van der Waals surface area contributed by atoms with E-state index in [9.17, 15) is 9.59 Å². The van der Waals surface area contributed by atoms with Crippen molar-refractivity contribution in [3.63, 3.8) is 0 Å². The largest absolute Gasteiger partial charge is 0.324 e. The third kappa shape index (κ3) is 3.15. The molecule has 2 heterocycles. The summed E-state index contributed by atoms with van der Waals surface area (Å²) in [6.07, 6.45) is 0.193. The number of carbonyl (C=O) groups excluding carboxylic acids is 2. The first kappa shape index (κ1) is 15.8. The minimum atomic E-state index is -0.403. The van der Waals surface area contributed by atoms with Crippen LogP contribution < -0.4 is 10.2 Å². The van der Waals surface area contributed by atoms with Gasteiger partial charge < -0.3 is 9.88 Å². The van der Waals surface area contributed by atoms with Crippen LogP contribution in [0.2, 0.25) is 0 Å². The molecular weight excluding hydrogens is 384 g/mol. The lowest BCUT2D eigenvalue weighted by molar-refractivity contribution is -0.122. The Morgan fingerprint density at radius 1 is 1.24 bits per heavy atom.